The van der Waals surface area contributed by atoms with Crippen molar-refractivity contribution in [2.75, 3.05) is 25.5 Å². The number of benzene rings is 1. The molecule has 1 saturated heterocycles. The van der Waals surface area contributed by atoms with Crippen molar-refractivity contribution in [3.8, 4) is 0 Å². The lowest BCUT2D eigenvalue weighted by atomic mass is 9.97. The van der Waals surface area contributed by atoms with Gasteiger partial charge in [-0.25, -0.2) is 9.59 Å². The summed E-state index contributed by atoms with van der Waals surface area (Å²) in [4.78, 5) is 36.6. The van der Waals surface area contributed by atoms with E-state index in [-0.39, 0.29) is 21.3 Å². The Morgan fingerprint density at radius 3 is 2.33 bits per heavy atom. The fraction of sp³-hybridized carbons (Fsp3) is 0.400. The van der Waals surface area contributed by atoms with Crippen molar-refractivity contribution in [1.82, 2.24) is 4.90 Å². The van der Waals surface area contributed by atoms with Gasteiger partial charge in [0.2, 0.25) is 0 Å². The first-order valence-electron chi connectivity index (χ1n) is 7.19. The van der Waals surface area contributed by atoms with Crippen LogP contribution in [0.3, 0.4) is 0 Å². The first kappa shape index (κ1) is 18.4. The van der Waals surface area contributed by atoms with Crippen molar-refractivity contribution < 1.29 is 24.2 Å². The summed E-state index contributed by atoms with van der Waals surface area (Å²) in [6.45, 7) is 0.634. The second-order valence-electron chi connectivity index (χ2n) is 5.33. The number of carboxylic acid groups (broad SMARTS) is 1. The molecule has 0 aliphatic carbocycles. The minimum absolute atomic E-state index is 0.0840. The Kier molecular flexibility index (Phi) is 5.90. The topological polar surface area (TPSA) is 95.9 Å². The largest absolute Gasteiger partial charge is 0.481 e. The van der Waals surface area contributed by atoms with Crippen molar-refractivity contribution in [1.29, 1.82) is 0 Å². The van der Waals surface area contributed by atoms with Crippen LogP contribution in [0.5, 0.6) is 0 Å². The number of hydrogen-bond donors (Lipinski definition) is 2. The number of nitrogens with one attached hydrogen (secondary N) is 1. The van der Waals surface area contributed by atoms with Crippen LogP contribution in [0.1, 0.15) is 23.2 Å². The van der Waals surface area contributed by atoms with Gasteiger partial charge < -0.3 is 20.1 Å². The van der Waals surface area contributed by atoms with E-state index in [0.29, 0.717) is 25.9 Å². The number of carbonyl (C=O) groups excluding carboxylic acids is 2. The van der Waals surface area contributed by atoms with Crippen molar-refractivity contribution in [2.24, 2.45) is 5.92 Å². The summed E-state index contributed by atoms with van der Waals surface area (Å²) in [5.41, 5.74) is 0.266. The molecular formula is C15H16Cl2N2O5. The van der Waals surface area contributed by atoms with E-state index >= 15 is 0 Å². The standard InChI is InChI=1S/C15H16Cl2N2O5/c1-24-14(22)9-6-10(16)11(17)7-12(9)18-15(23)19-4-2-8(3-5-19)13(20)21/h6-8H,2-5H2,1H3,(H,18,23)(H,20,21). The molecule has 0 atom stereocenters. The smallest absolute Gasteiger partial charge is 0.340 e. The van der Waals surface area contributed by atoms with Gasteiger partial charge in [-0.1, -0.05) is 23.2 Å². The van der Waals surface area contributed by atoms with Crippen LogP contribution in [0.2, 0.25) is 10.0 Å². The van der Waals surface area contributed by atoms with Crippen molar-refractivity contribution in [3.05, 3.63) is 27.7 Å². The highest BCUT2D eigenvalue weighted by atomic mass is 35.5. The van der Waals surface area contributed by atoms with Crippen LogP contribution in [-0.2, 0) is 9.53 Å². The van der Waals surface area contributed by atoms with Gasteiger partial charge in [-0.15, -0.1) is 0 Å². The third-order valence-corrected chi connectivity index (χ3v) is 4.56. The molecule has 2 rings (SSSR count). The summed E-state index contributed by atoms with van der Waals surface area (Å²) in [7, 11) is 1.22. The number of likely N-dealkylation sites (tertiary alicyclic amines) is 1. The molecule has 24 heavy (non-hydrogen) atoms. The molecule has 0 radical (unpaired) electrons. The fourth-order valence-electron chi connectivity index (χ4n) is 2.45. The number of amides is 2. The van der Waals surface area contributed by atoms with E-state index in [1.807, 2.05) is 0 Å². The number of ether oxygens (including phenoxy) is 1. The molecule has 9 heteroatoms. The van der Waals surface area contributed by atoms with Gasteiger partial charge in [-0.05, 0) is 25.0 Å². The maximum atomic E-state index is 12.3. The summed E-state index contributed by atoms with van der Waals surface area (Å²) in [6.07, 6.45) is 0.766. The third kappa shape index (κ3) is 4.10. The molecule has 130 valence electrons. The van der Waals surface area contributed by atoms with Crippen LogP contribution in [0, 0.1) is 5.92 Å². The lowest BCUT2D eigenvalue weighted by Gasteiger charge is -2.30. The lowest BCUT2D eigenvalue weighted by molar-refractivity contribution is -0.143. The third-order valence-electron chi connectivity index (χ3n) is 3.84. The number of anilines is 1. The number of rotatable bonds is 3. The van der Waals surface area contributed by atoms with Crippen LogP contribution < -0.4 is 5.32 Å². The summed E-state index contributed by atoms with van der Waals surface area (Å²) in [6, 6.07) is 2.25. The van der Waals surface area contributed by atoms with E-state index in [9.17, 15) is 14.4 Å². The van der Waals surface area contributed by atoms with Crippen molar-refractivity contribution in [3.63, 3.8) is 0 Å². The second-order valence-corrected chi connectivity index (χ2v) is 6.15. The Morgan fingerprint density at radius 2 is 1.79 bits per heavy atom. The van der Waals surface area contributed by atoms with Crippen molar-refractivity contribution >= 4 is 46.9 Å². The monoisotopic (exact) mass is 374 g/mol. The molecular weight excluding hydrogens is 359 g/mol. The van der Waals surface area contributed by atoms with Crippen LogP contribution in [-0.4, -0.2) is 48.2 Å². The van der Waals surface area contributed by atoms with Gasteiger partial charge in [0.1, 0.15) is 0 Å². The average Bonchev–Trinajstić information content (AvgIpc) is 2.57. The van der Waals surface area contributed by atoms with Crippen LogP contribution >= 0.6 is 23.2 Å². The fourth-order valence-corrected chi connectivity index (χ4v) is 2.78. The number of urea groups is 1. The number of esters is 1. The van der Waals surface area contributed by atoms with Gasteiger partial charge >= 0.3 is 18.0 Å². The number of aliphatic carboxylic acids is 1. The summed E-state index contributed by atoms with van der Waals surface area (Å²) < 4.78 is 4.67. The van der Waals surface area contributed by atoms with E-state index in [4.69, 9.17) is 28.3 Å². The number of methoxy groups -OCH3 is 1. The number of carboxylic acids is 1. The van der Waals surface area contributed by atoms with Gasteiger partial charge in [-0.2, -0.15) is 0 Å². The number of piperidine rings is 1. The summed E-state index contributed by atoms with van der Waals surface area (Å²) in [5, 5.41) is 11.9. The highest BCUT2D eigenvalue weighted by Crippen LogP contribution is 2.30. The van der Waals surface area contributed by atoms with E-state index in [0.717, 1.165) is 0 Å². The highest BCUT2D eigenvalue weighted by Gasteiger charge is 2.27. The van der Waals surface area contributed by atoms with E-state index in [1.54, 1.807) is 0 Å². The Morgan fingerprint density at radius 1 is 1.21 bits per heavy atom. The zero-order chi connectivity index (χ0) is 17.9. The van der Waals surface area contributed by atoms with Crippen LogP contribution in [0.15, 0.2) is 12.1 Å². The lowest BCUT2D eigenvalue weighted by Crippen LogP contribution is -2.42. The molecule has 1 heterocycles. The average molecular weight is 375 g/mol. The molecule has 1 aliphatic rings. The van der Waals surface area contributed by atoms with Gasteiger partial charge in [0, 0.05) is 13.1 Å². The zero-order valence-electron chi connectivity index (χ0n) is 12.8. The molecule has 7 nitrogen and oxygen atoms in total. The molecule has 1 aromatic carbocycles. The Labute approximate surface area is 148 Å². The molecule has 0 bridgehead atoms. The molecule has 0 saturated carbocycles. The molecule has 2 amide bonds. The Bertz CT molecular complexity index is 672. The minimum Gasteiger partial charge on any atom is -0.481 e. The molecule has 1 aromatic rings. The number of carbonyl (C=O) groups is 3. The molecule has 0 unspecified atom stereocenters. The van der Waals surface area contributed by atoms with Crippen LogP contribution in [0.4, 0.5) is 10.5 Å². The Hall–Kier alpha value is -1.99. The molecule has 1 fully saturated rings. The maximum Gasteiger partial charge on any atom is 0.340 e. The first-order chi connectivity index (χ1) is 11.3. The normalized spacial score (nSPS) is 15.0. The van der Waals surface area contributed by atoms with E-state index < -0.39 is 23.9 Å². The van der Waals surface area contributed by atoms with Gasteiger partial charge in [0.15, 0.2) is 0 Å². The molecule has 0 aromatic heterocycles. The number of halogens is 2. The summed E-state index contributed by atoms with van der Waals surface area (Å²) in [5.74, 6) is -1.95. The second kappa shape index (κ2) is 7.72. The zero-order valence-corrected chi connectivity index (χ0v) is 14.4. The van der Waals surface area contributed by atoms with Crippen LogP contribution in [0.25, 0.3) is 0 Å². The predicted molar refractivity (Wildman–Crippen MR) is 88.8 cm³/mol. The number of hydrogen-bond acceptors (Lipinski definition) is 4. The highest BCUT2D eigenvalue weighted by molar-refractivity contribution is 6.42. The molecule has 1 aliphatic heterocycles. The van der Waals surface area contributed by atoms with E-state index in [1.165, 1.54) is 24.1 Å². The first-order valence-corrected chi connectivity index (χ1v) is 7.95. The number of nitrogens with zero attached hydrogens (tertiary/aromatic N) is 1. The quantitative estimate of drug-likeness (QED) is 0.792. The van der Waals surface area contributed by atoms with Gasteiger partial charge in [0.05, 0.1) is 34.3 Å². The SMILES string of the molecule is COC(=O)c1cc(Cl)c(Cl)cc1NC(=O)N1CCC(C(=O)O)CC1. The van der Waals surface area contributed by atoms with Gasteiger partial charge in [0.25, 0.3) is 0 Å². The minimum atomic E-state index is -0.854. The molecule has 2 N–H and O–H groups in total. The van der Waals surface area contributed by atoms with Crippen molar-refractivity contribution in [2.45, 2.75) is 12.8 Å². The predicted octanol–water partition coefficient (Wildman–Crippen LogP) is 3.11. The summed E-state index contributed by atoms with van der Waals surface area (Å²) >= 11 is 11.8. The van der Waals surface area contributed by atoms with Gasteiger partial charge in [-0.3, -0.25) is 4.79 Å². The molecule has 0 spiro atoms. The maximum absolute atomic E-state index is 12.3. The van der Waals surface area contributed by atoms with E-state index in [2.05, 4.69) is 10.1 Å². The Balaban J connectivity index is 2.13.